The van der Waals surface area contributed by atoms with Gasteiger partial charge in [0.25, 0.3) is 5.91 Å². The third kappa shape index (κ3) is 4.59. The molecule has 0 radical (unpaired) electrons. The molecule has 2 aromatic rings. The van der Waals surface area contributed by atoms with E-state index in [1.54, 1.807) is 38.1 Å². The highest BCUT2D eigenvalue weighted by Crippen LogP contribution is 2.32. The van der Waals surface area contributed by atoms with E-state index in [4.69, 9.17) is 16.3 Å². The van der Waals surface area contributed by atoms with Crippen molar-refractivity contribution in [2.75, 3.05) is 7.11 Å². The van der Waals surface area contributed by atoms with Gasteiger partial charge in [-0.2, -0.15) is 0 Å². The van der Waals surface area contributed by atoms with Gasteiger partial charge in [0.1, 0.15) is 10.7 Å². The van der Waals surface area contributed by atoms with Crippen LogP contribution in [-0.2, 0) is 14.6 Å². The number of carbonyl (C=O) groups is 2. The highest BCUT2D eigenvalue weighted by atomic mass is 35.5. The largest absolute Gasteiger partial charge is 0.497 e. The maximum absolute atomic E-state index is 13.4. The quantitative estimate of drug-likeness (QED) is 0.582. The molecular weight excluding hydrogens is 450 g/mol. The van der Waals surface area contributed by atoms with E-state index < -0.39 is 21.5 Å². The zero-order valence-corrected chi connectivity index (χ0v) is 19.6. The molecule has 3 rings (SSSR count). The predicted octanol–water partition coefficient (Wildman–Crippen LogP) is 4.84. The molecule has 1 amide bonds. The molecule has 0 spiro atoms. The van der Waals surface area contributed by atoms with Crippen molar-refractivity contribution >= 4 is 38.8 Å². The van der Waals surface area contributed by atoms with Crippen molar-refractivity contribution in [1.29, 1.82) is 0 Å². The van der Waals surface area contributed by atoms with E-state index in [1.165, 1.54) is 44.4 Å². The van der Waals surface area contributed by atoms with Crippen molar-refractivity contribution in [3.63, 3.8) is 0 Å². The Hall–Kier alpha value is -3.03. The van der Waals surface area contributed by atoms with Gasteiger partial charge in [0.2, 0.25) is 15.6 Å². The second-order valence-corrected chi connectivity index (χ2v) is 9.85. The Balaban J connectivity index is 2.14. The Morgan fingerprint density at radius 1 is 1.03 bits per heavy atom. The van der Waals surface area contributed by atoms with Crippen LogP contribution in [0.4, 0.5) is 0 Å². The smallest absolute Gasteiger partial charge is 0.277 e. The van der Waals surface area contributed by atoms with Crippen LogP contribution in [0.3, 0.4) is 0 Å². The fourth-order valence-corrected chi connectivity index (χ4v) is 4.97. The summed E-state index contributed by atoms with van der Waals surface area (Å²) in [6.45, 7) is 5.04. The van der Waals surface area contributed by atoms with Crippen LogP contribution in [0, 0.1) is 5.92 Å². The molecule has 0 saturated carbocycles. The number of carbonyl (C=O) groups excluding carboxylic acids is 2. The summed E-state index contributed by atoms with van der Waals surface area (Å²) in [5.41, 5.74) is 0.840. The molecule has 166 valence electrons. The molecule has 0 aliphatic heterocycles. The van der Waals surface area contributed by atoms with Crippen LogP contribution in [0.2, 0.25) is 5.02 Å². The van der Waals surface area contributed by atoms with Crippen molar-refractivity contribution in [2.24, 2.45) is 10.9 Å². The highest BCUT2D eigenvalue weighted by molar-refractivity contribution is 7.96. The van der Waals surface area contributed by atoms with E-state index >= 15 is 0 Å². The zero-order chi connectivity index (χ0) is 23.6. The fraction of sp³-hybridized carbons (Fsp3) is 0.208. The number of rotatable bonds is 5. The van der Waals surface area contributed by atoms with Gasteiger partial charge < -0.3 is 4.74 Å². The summed E-state index contributed by atoms with van der Waals surface area (Å²) in [7, 11) is -2.65. The molecule has 0 heterocycles. The Morgan fingerprint density at radius 2 is 1.62 bits per heavy atom. The number of halogens is 1. The number of ether oxygens (including phenoxy) is 1. The summed E-state index contributed by atoms with van der Waals surface area (Å²) >= 11 is 5.88. The van der Waals surface area contributed by atoms with E-state index in [0.717, 1.165) is 0 Å². The van der Waals surface area contributed by atoms with Gasteiger partial charge in [-0.25, -0.2) is 13.4 Å². The molecule has 1 aliphatic carbocycles. The third-order valence-electron chi connectivity index (χ3n) is 5.06. The monoisotopic (exact) mass is 471 g/mol. The number of hydrogen-bond donors (Lipinski definition) is 0. The van der Waals surface area contributed by atoms with Gasteiger partial charge in [0, 0.05) is 16.2 Å². The Bertz CT molecular complexity index is 1270. The second kappa shape index (κ2) is 9.22. The lowest BCUT2D eigenvalue weighted by molar-refractivity contribution is -0.112. The lowest BCUT2D eigenvalue weighted by Crippen LogP contribution is -2.26. The van der Waals surface area contributed by atoms with Crippen LogP contribution in [0.25, 0.3) is 0 Å². The van der Waals surface area contributed by atoms with Crippen molar-refractivity contribution in [1.82, 2.24) is 0 Å². The van der Waals surface area contributed by atoms with Crippen LogP contribution < -0.4 is 4.74 Å². The van der Waals surface area contributed by atoms with E-state index in [9.17, 15) is 18.0 Å². The number of methoxy groups -OCH3 is 1. The summed E-state index contributed by atoms with van der Waals surface area (Å²) in [6, 6.07) is 12.0. The molecule has 0 saturated heterocycles. The van der Waals surface area contributed by atoms with Crippen LogP contribution >= 0.6 is 11.6 Å². The standard InChI is InChI=1S/C24H22ClNO5S/c1-14(2)20-13-21(26-24(28)16-5-9-18(31-4)10-6-16)15(3)23(22(20)27)32(29,30)19-11-7-17(25)8-12-19/h5-14H,1-4H3. The van der Waals surface area contributed by atoms with Crippen molar-refractivity contribution in [3.8, 4) is 5.75 Å². The minimum absolute atomic E-state index is 0.0598. The van der Waals surface area contributed by atoms with Crippen LogP contribution in [0.5, 0.6) is 5.75 Å². The number of ketones is 1. The predicted molar refractivity (Wildman–Crippen MR) is 124 cm³/mol. The average molecular weight is 472 g/mol. The molecule has 6 nitrogen and oxygen atoms in total. The first-order valence-corrected chi connectivity index (χ1v) is 11.7. The van der Waals surface area contributed by atoms with Crippen molar-refractivity contribution in [2.45, 2.75) is 25.7 Å². The molecule has 8 heteroatoms. The molecule has 2 aromatic carbocycles. The minimum atomic E-state index is -4.16. The first kappa shape index (κ1) is 23.6. The van der Waals surface area contributed by atoms with E-state index in [2.05, 4.69) is 4.99 Å². The SMILES string of the molecule is COc1ccc(C(=O)N=C2C=C(C(C)C)C(=O)C(S(=O)(=O)c3ccc(Cl)cc3)=C2C)cc1. The number of allylic oxidation sites excluding steroid dienone is 4. The fourth-order valence-electron chi connectivity index (χ4n) is 3.25. The van der Waals surface area contributed by atoms with Crippen LogP contribution in [0.1, 0.15) is 31.1 Å². The van der Waals surface area contributed by atoms with Gasteiger partial charge in [-0.15, -0.1) is 0 Å². The minimum Gasteiger partial charge on any atom is -0.497 e. The maximum Gasteiger partial charge on any atom is 0.277 e. The summed E-state index contributed by atoms with van der Waals surface area (Å²) < 4.78 is 31.8. The average Bonchev–Trinajstić information content (AvgIpc) is 2.75. The van der Waals surface area contributed by atoms with Crippen molar-refractivity contribution < 1.29 is 22.7 Å². The molecule has 0 unspecified atom stereocenters. The topological polar surface area (TPSA) is 89.9 Å². The van der Waals surface area contributed by atoms with E-state index in [0.29, 0.717) is 16.3 Å². The lowest BCUT2D eigenvalue weighted by Gasteiger charge is -2.21. The molecule has 1 aliphatic rings. The summed E-state index contributed by atoms with van der Waals surface area (Å²) in [5.74, 6) is -0.832. The first-order chi connectivity index (χ1) is 15.1. The van der Waals surface area contributed by atoms with E-state index in [-0.39, 0.29) is 32.6 Å². The first-order valence-electron chi connectivity index (χ1n) is 9.81. The summed E-state index contributed by atoms with van der Waals surface area (Å²) in [4.78, 5) is 29.6. The Morgan fingerprint density at radius 3 is 2.16 bits per heavy atom. The Labute approximate surface area is 192 Å². The number of hydrogen-bond acceptors (Lipinski definition) is 5. The van der Waals surface area contributed by atoms with Crippen LogP contribution in [-0.4, -0.2) is 32.9 Å². The molecule has 0 atom stereocenters. The number of Topliss-reactive ketones (excluding diaryl/α,β-unsaturated/α-hetero) is 1. The third-order valence-corrected chi connectivity index (χ3v) is 7.23. The normalized spacial score (nSPS) is 15.9. The second-order valence-electron chi connectivity index (χ2n) is 7.53. The van der Waals surface area contributed by atoms with Gasteiger partial charge in [0.15, 0.2) is 0 Å². The molecule has 32 heavy (non-hydrogen) atoms. The number of nitrogens with zero attached hydrogens (tertiary/aromatic N) is 1. The highest BCUT2D eigenvalue weighted by Gasteiger charge is 2.36. The van der Waals surface area contributed by atoms with Crippen LogP contribution in [0.15, 0.2) is 80.5 Å². The molecule has 0 N–H and O–H groups in total. The molecule has 0 aromatic heterocycles. The van der Waals surface area contributed by atoms with Crippen molar-refractivity contribution in [3.05, 3.63) is 81.2 Å². The number of amides is 1. The lowest BCUT2D eigenvalue weighted by atomic mass is 9.90. The van der Waals surface area contributed by atoms with Gasteiger partial charge in [-0.3, -0.25) is 9.59 Å². The van der Waals surface area contributed by atoms with Gasteiger partial charge in [-0.1, -0.05) is 25.4 Å². The van der Waals surface area contributed by atoms with E-state index in [1.807, 2.05) is 0 Å². The van der Waals surface area contributed by atoms with Gasteiger partial charge in [0.05, 0.1) is 17.7 Å². The molecular formula is C24H22ClNO5S. The summed E-state index contributed by atoms with van der Waals surface area (Å²) in [6.07, 6.45) is 1.49. The molecule has 0 bridgehead atoms. The number of aliphatic imine (C=N–C) groups is 1. The number of benzene rings is 2. The Kier molecular flexibility index (Phi) is 6.81. The van der Waals surface area contributed by atoms with Gasteiger partial charge >= 0.3 is 0 Å². The maximum atomic E-state index is 13.4. The zero-order valence-electron chi connectivity index (χ0n) is 18.0. The molecule has 0 fully saturated rings. The number of sulfone groups is 1. The summed E-state index contributed by atoms with van der Waals surface area (Å²) in [5, 5.41) is 0.375. The van der Waals surface area contributed by atoms with Gasteiger partial charge in [-0.05, 0) is 73.0 Å².